The number of methoxy groups -OCH3 is 2. The van der Waals surface area contributed by atoms with Gasteiger partial charge in [-0.05, 0) is 54.4 Å². The average Bonchev–Trinajstić information content (AvgIpc) is 3.29. The van der Waals surface area contributed by atoms with E-state index in [1.54, 1.807) is 32.4 Å². The van der Waals surface area contributed by atoms with Crippen LogP contribution in [0.2, 0.25) is 0 Å². The lowest BCUT2D eigenvalue weighted by molar-refractivity contribution is -0.121. The van der Waals surface area contributed by atoms with Gasteiger partial charge in [0.1, 0.15) is 29.6 Å². The summed E-state index contributed by atoms with van der Waals surface area (Å²) in [7, 11) is 3.13. The molecular formula is C23H24N2O6. The van der Waals surface area contributed by atoms with E-state index in [-0.39, 0.29) is 24.7 Å². The number of hydrogen-bond donors (Lipinski definition) is 2. The highest BCUT2D eigenvalue weighted by Crippen LogP contribution is 2.25. The van der Waals surface area contributed by atoms with Crippen molar-refractivity contribution in [3.63, 3.8) is 0 Å². The molecule has 2 aromatic carbocycles. The van der Waals surface area contributed by atoms with Crippen molar-refractivity contribution in [3.05, 3.63) is 77.7 Å². The van der Waals surface area contributed by atoms with Crippen molar-refractivity contribution in [3.8, 4) is 17.2 Å². The number of carbonyl (C=O) groups is 2. The number of rotatable bonds is 9. The van der Waals surface area contributed by atoms with Crippen LogP contribution in [0.15, 0.2) is 65.1 Å². The van der Waals surface area contributed by atoms with Gasteiger partial charge in [0.15, 0.2) is 5.76 Å². The van der Waals surface area contributed by atoms with Crippen LogP contribution in [-0.2, 0) is 17.8 Å². The molecule has 0 aliphatic heterocycles. The normalized spacial score (nSPS) is 10.3. The van der Waals surface area contributed by atoms with Gasteiger partial charge < -0.3 is 18.6 Å². The van der Waals surface area contributed by atoms with Crippen LogP contribution in [0.3, 0.4) is 0 Å². The second-order valence-electron chi connectivity index (χ2n) is 6.55. The van der Waals surface area contributed by atoms with E-state index in [0.29, 0.717) is 29.4 Å². The highest BCUT2D eigenvalue weighted by atomic mass is 16.5. The molecule has 8 heteroatoms. The lowest BCUT2D eigenvalue weighted by atomic mass is 10.1. The van der Waals surface area contributed by atoms with Gasteiger partial charge in [-0.25, -0.2) is 0 Å². The number of ether oxygens (including phenoxy) is 3. The Balaban J connectivity index is 1.45. The third-order valence-electron chi connectivity index (χ3n) is 4.43. The first-order valence-corrected chi connectivity index (χ1v) is 9.65. The van der Waals surface area contributed by atoms with Gasteiger partial charge in [0, 0.05) is 6.42 Å². The lowest BCUT2D eigenvalue weighted by Crippen LogP contribution is -2.41. The van der Waals surface area contributed by atoms with E-state index in [9.17, 15) is 9.59 Å². The Morgan fingerprint density at radius 3 is 2.45 bits per heavy atom. The smallest absolute Gasteiger partial charge is 0.305 e. The molecule has 8 nitrogen and oxygen atoms in total. The number of carbonyl (C=O) groups excluding carboxylic acids is 2. The summed E-state index contributed by atoms with van der Waals surface area (Å²) in [5, 5.41) is 0. The largest absolute Gasteiger partial charge is 0.497 e. The van der Waals surface area contributed by atoms with Crippen molar-refractivity contribution in [1.82, 2.24) is 10.9 Å². The molecule has 0 radical (unpaired) electrons. The van der Waals surface area contributed by atoms with Crippen LogP contribution in [0.25, 0.3) is 0 Å². The molecule has 0 atom stereocenters. The van der Waals surface area contributed by atoms with E-state index in [4.69, 9.17) is 18.6 Å². The second kappa shape index (κ2) is 10.7. The SMILES string of the molecule is COc1ccc(OC)c(CCC(=O)NNC(=O)c2ccc(COc3ccccc3)o2)c1. The van der Waals surface area contributed by atoms with Crippen LogP contribution < -0.4 is 25.1 Å². The first kappa shape index (κ1) is 21.8. The van der Waals surface area contributed by atoms with Crippen molar-refractivity contribution < 1.29 is 28.2 Å². The molecule has 3 aromatic rings. The Morgan fingerprint density at radius 1 is 0.903 bits per heavy atom. The summed E-state index contributed by atoms with van der Waals surface area (Å²) in [5.74, 6) is 1.69. The molecule has 0 fully saturated rings. The summed E-state index contributed by atoms with van der Waals surface area (Å²) >= 11 is 0. The molecular weight excluding hydrogens is 400 g/mol. The van der Waals surface area contributed by atoms with Crippen molar-refractivity contribution in [2.24, 2.45) is 0 Å². The summed E-state index contributed by atoms with van der Waals surface area (Å²) in [5.41, 5.74) is 5.56. The van der Waals surface area contributed by atoms with Crippen molar-refractivity contribution in [2.45, 2.75) is 19.4 Å². The number of amides is 2. The lowest BCUT2D eigenvalue weighted by Gasteiger charge is -2.11. The quantitative estimate of drug-likeness (QED) is 0.512. The number of aryl methyl sites for hydroxylation is 1. The molecule has 0 unspecified atom stereocenters. The van der Waals surface area contributed by atoms with Crippen LogP contribution in [0.4, 0.5) is 0 Å². The molecule has 3 rings (SSSR count). The highest BCUT2D eigenvalue weighted by molar-refractivity contribution is 5.92. The first-order valence-electron chi connectivity index (χ1n) is 9.65. The minimum absolute atomic E-state index is 0.0708. The Labute approximate surface area is 180 Å². The average molecular weight is 424 g/mol. The number of nitrogens with one attached hydrogen (secondary N) is 2. The fourth-order valence-electron chi connectivity index (χ4n) is 2.82. The predicted octanol–water partition coefficient (Wildman–Crippen LogP) is 3.27. The van der Waals surface area contributed by atoms with Crippen molar-refractivity contribution >= 4 is 11.8 Å². The van der Waals surface area contributed by atoms with Gasteiger partial charge in [-0.3, -0.25) is 20.4 Å². The van der Waals surface area contributed by atoms with Crippen LogP contribution in [0.5, 0.6) is 17.2 Å². The maximum absolute atomic E-state index is 12.2. The summed E-state index contributed by atoms with van der Waals surface area (Å²) in [6.07, 6.45) is 0.571. The van der Waals surface area contributed by atoms with Gasteiger partial charge in [0.05, 0.1) is 14.2 Å². The zero-order valence-electron chi connectivity index (χ0n) is 17.3. The second-order valence-corrected chi connectivity index (χ2v) is 6.55. The molecule has 1 heterocycles. The van der Waals surface area contributed by atoms with Gasteiger partial charge in [-0.15, -0.1) is 0 Å². The number of furan rings is 1. The molecule has 2 amide bonds. The molecule has 0 saturated heterocycles. The molecule has 2 N–H and O–H groups in total. The molecule has 1 aromatic heterocycles. The Hall–Kier alpha value is -3.94. The van der Waals surface area contributed by atoms with Crippen LogP contribution in [0.1, 0.15) is 28.3 Å². The van der Waals surface area contributed by atoms with Gasteiger partial charge in [-0.2, -0.15) is 0 Å². The van der Waals surface area contributed by atoms with Crippen LogP contribution in [0, 0.1) is 0 Å². The summed E-state index contributed by atoms with van der Waals surface area (Å²) in [4.78, 5) is 24.3. The van der Waals surface area contributed by atoms with E-state index >= 15 is 0 Å². The summed E-state index contributed by atoms with van der Waals surface area (Å²) in [6, 6.07) is 17.8. The molecule has 0 aliphatic rings. The summed E-state index contributed by atoms with van der Waals surface area (Å²) in [6.45, 7) is 0.187. The topological polar surface area (TPSA) is 99.0 Å². The fourth-order valence-corrected chi connectivity index (χ4v) is 2.82. The van der Waals surface area contributed by atoms with Crippen molar-refractivity contribution in [1.29, 1.82) is 0 Å². The Morgan fingerprint density at radius 2 is 1.71 bits per heavy atom. The number of para-hydroxylation sites is 1. The third kappa shape index (κ3) is 6.27. The minimum atomic E-state index is -0.557. The van der Waals surface area contributed by atoms with Crippen LogP contribution >= 0.6 is 0 Å². The Kier molecular flexibility index (Phi) is 7.53. The first-order chi connectivity index (χ1) is 15.1. The number of hydrogen-bond acceptors (Lipinski definition) is 6. The number of benzene rings is 2. The zero-order valence-corrected chi connectivity index (χ0v) is 17.3. The van der Waals surface area contributed by atoms with E-state index in [0.717, 1.165) is 5.56 Å². The Bertz CT molecular complexity index is 1020. The molecule has 162 valence electrons. The zero-order chi connectivity index (χ0) is 22.1. The number of hydrazine groups is 1. The molecule has 31 heavy (non-hydrogen) atoms. The van der Waals surface area contributed by atoms with Gasteiger partial charge in [-0.1, -0.05) is 18.2 Å². The van der Waals surface area contributed by atoms with Gasteiger partial charge in [0.2, 0.25) is 5.91 Å². The monoisotopic (exact) mass is 424 g/mol. The third-order valence-corrected chi connectivity index (χ3v) is 4.43. The van der Waals surface area contributed by atoms with E-state index in [2.05, 4.69) is 10.9 Å². The van der Waals surface area contributed by atoms with Gasteiger partial charge >= 0.3 is 5.91 Å². The molecule has 0 bridgehead atoms. The maximum Gasteiger partial charge on any atom is 0.305 e. The predicted molar refractivity (Wildman–Crippen MR) is 113 cm³/mol. The van der Waals surface area contributed by atoms with Crippen molar-refractivity contribution in [2.75, 3.05) is 14.2 Å². The molecule has 0 aliphatic carbocycles. The standard InChI is InChI=1S/C23H24N2O6/c1-28-18-9-11-20(29-2)16(14-18)8-13-22(26)24-25-23(27)21-12-10-19(31-21)15-30-17-6-4-3-5-7-17/h3-7,9-12,14H,8,13,15H2,1-2H3,(H,24,26)(H,25,27). The van der Waals surface area contributed by atoms with Crippen LogP contribution in [-0.4, -0.2) is 26.0 Å². The maximum atomic E-state index is 12.2. The molecule has 0 saturated carbocycles. The molecule has 0 spiro atoms. The summed E-state index contributed by atoms with van der Waals surface area (Å²) < 4.78 is 21.5. The van der Waals surface area contributed by atoms with Gasteiger partial charge in [0.25, 0.3) is 0 Å². The van der Waals surface area contributed by atoms with E-state index < -0.39 is 5.91 Å². The fraction of sp³-hybridized carbons (Fsp3) is 0.217. The highest BCUT2D eigenvalue weighted by Gasteiger charge is 2.13. The van der Waals surface area contributed by atoms with E-state index in [1.807, 2.05) is 36.4 Å². The minimum Gasteiger partial charge on any atom is -0.497 e. The van der Waals surface area contributed by atoms with E-state index in [1.165, 1.54) is 6.07 Å².